The Morgan fingerprint density at radius 2 is 1.74 bits per heavy atom. The van der Waals surface area contributed by atoms with Crippen LogP contribution in [0.5, 0.6) is 0 Å². The van der Waals surface area contributed by atoms with Crippen molar-refractivity contribution >= 4 is 11.6 Å². The second kappa shape index (κ2) is 4.76. The third-order valence-corrected chi connectivity index (χ3v) is 3.69. The van der Waals surface area contributed by atoms with Crippen molar-refractivity contribution in [2.75, 3.05) is 0 Å². The van der Waals surface area contributed by atoms with Crippen molar-refractivity contribution in [1.82, 2.24) is 0 Å². The molecule has 96 valence electrons. The Kier molecular flexibility index (Phi) is 2.95. The predicted molar refractivity (Wildman–Crippen MR) is 78.5 cm³/mol. The van der Waals surface area contributed by atoms with Gasteiger partial charge in [0.1, 0.15) is 0 Å². The lowest BCUT2D eigenvalue weighted by atomic mass is 9.93. The third kappa shape index (κ3) is 2.32. The van der Waals surface area contributed by atoms with E-state index in [4.69, 9.17) is 11.5 Å². The van der Waals surface area contributed by atoms with Crippen LogP contribution in [0.15, 0.2) is 53.5 Å². The molecule has 1 unspecified atom stereocenters. The summed E-state index contributed by atoms with van der Waals surface area (Å²) in [5.74, 6) is 0.600. The van der Waals surface area contributed by atoms with Gasteiger partial charge in [0.15, 0.2) is 5.96 Å². The second-order valence-corrected chi connectivity index (χ2v) is 4.92. The first-order chi connectivity index (χ1) is 9.24. The van der Waals surface area contributed by atoms with E-state index in [1.807, 2.05) is 12.1 Å². The lowest BCUT2D eigenvalue weighted by molar-refractivity contribution is 0.788. The van der Waals surface area contributed by atoms with Crippen LogP contribution >= 0.6 is 0 Å². The number of nitrogens with zero attached hydrogens (tertiary/aromatic N) is 1. The van der Waals surface area contributed by atoms with Crippen LogP contribution in [0.3, 0.4) is 0 Å². The normalized spacial score (nSPS) is 16.9. The predicted octanol–water partition coefficient (Wildman–Crippen LogP) is 2.67. The molecule has 0 heterocycles. The first-order valence-electron chi connectivity index (χ1n) is 6.51. The number of nitrogens with two attached hydrogens (primary N) is 2. The topological polar surface area (TPSA) is 64.4 Å². The molecule has 0 aliphatic heterocycles. The molecule has 0 aromatic heterocycles. The molecule has 1 aliphatic rings. The van der Waals surface area contributed by atoms with Crippen molar-refractivity contribution in [1.29, 1.82) is 0 Å². The maximum Gasteiger partial charge on any atom is 0.191 e. The summed E-state index contributed by atoms with van der Waals surface area (Å²) in [5.41, 5.74) is 15.8. The van der Waals surface area contributed by atoms with E-state index >= 15 is 0 Å². The smallest absolute Gasteiger partial charge is 0.191 e. The lowest BCUT2D eigenvalue weighted by Crippen LogP contribution is -2.21. The summed E-state index contributed by atoms with van der Waals surface area (Å²) in [7, 11) is 0. The van der Waals surface area contributed by atoms with Crippen molar-refractivity contribution in [3.8, 4) is 0 Å². The molecule has 1 aliphatic carbocycles. The monoisotopic (exact) mass is 251 g/mol. The van der Waals surface area contributed by atoms with Crippen molar-refractivity contribution in [2.45, 2.75) is 18.8 Å². The standard InChI is InChI=1S/C16H17N3/c17-16(18)19-13-8-5-12(6-9-13)15-10-7-11-3-1-2-4-14(11)15/h1-6,8-9,15H,7,10H2,(H4,17,18,19). The molecule has 0 bridgehead atoms. The van der Waals surface area contributed by atoms with Crippen molar-refractivity contribution < 1.29 is 0 Å². The highest BCUT2D eigenvalue weighted by atomic mass is 15.0. The third-order valence-electron chi connectivity index (χ3n) is 3.69. The molecule has 2 aromatic carbocycles. The van der Waals surface area contributed by atoms with E-state index in [1.165, 1.54) is 23.1 Å². The highest BCUT2D eigenvalue weighted by Gasteiger charge is 2.22. The summed E-state index contributed by atoms with van der Waals surface area (Å²) in [5, 5.41) is 0. The highest BCUT2D eigenvalue weighted by molar-refractivity contribution is 5.78. The van der Waals surface area contributed by atoms with Crippen LogP contribution in [-0.4, -0.2) is 5.96 Å². The van der Waals surface area contributed by atoms with E-state index in [-0.39, 0.29) is 5.96 Å². The number of aliphatic imine (C=N–C) groups is 1. The molecule has 2 aromatic rings. The van der Waals surface area contributed by atoms with Crippen molar-refractivity contribution in [3.63, 3.8) is 0 Å². The van der Waals surface area contributed by atoms with Gasteiger partial charge in [0.25, 0.3) is 0 Å². The maximum absolute atomic E-state index is 5.38. The van der Waals surface area contributed by atoms with Gasteiger partial charge in [-0.2, -0.15) is 0 Å². The molecule has 0 amide bonds. The van der Waals surface area contributed by atoms with E-state index < -0.39 is 0 Å². The fourth-order valence-corrected chi connectivity index (χ4v) is 2.83. The molecule has 0 spiro atoms. The molecule has 4 N–H and O–H groups in total. The van der Waals surface area contributed by atoms with Crippen LogP contribution in [0.4, 0.5) is 5.69 Å². The van der Waals surface area contributed by atoms with Gasteiger partial charge in [0.05, 0.1) is 5.69 Å². The molecule has 19 heavy (non-hydrogen) atoms. The Hall–Kier alpha value is -2.29. The first kappa shape index (κ1) is 11.8. The van der Waals surface area contributed by atoms with Crippen molar-refractivity contribution in [3.05, 3.63) is 65.2 Å². The number of fused-ring (bicyclic) bond motifs is 1. The van der Waals surface area contributed by atoms with Gasteiger partial charge >= 0.3 is 0 Å². The minimum atomic E-state index is 0.0963. The zero-order valence-corrected chi connectivity index (χ0v) is 10.7. The summed E-state index contributed by atoms with van der Waals surface area (Å²) >= 11 is 0. The molecule has 0 radical (unpaired) electrons. The molecular weight excluding hydrogens is 234 g/mol. The summed E-state index contributed by atoms with van der Waals surface area (Å²) in [6, 6.07) is 16.9. The van der Waals surface area contributed by atoms with Crippen LogP contribution in [0.25, 0.3) is 0 Å². The molecule has 3 heteroatoms. The quantitative estimate of drug-likeness (QED) is 0.636. The fraction of sp³-hybridized carbons (Fsp3) is 0.188. The molecular formula is C16H17N3. The van der Waals surface area contributed by atoms with Gasteiger partial charge in [-0.25, -0.2) is 4.99 Å². The number of hydrogen-bond donors (Lipinski definition) is 2. The molecule has 3 rings (SSSR count). The fourth-order valence-electron chi connectivity index (χ4n) is 2.83. The van der Waals surface area contributed by atoms with Gasteiger partial charge in [-0.05, 0) is 41.7 Å². The Morgan fingerprint density at radius 1 is 1.00 bits per heavy atom. The first-order valence-corrected chi connectivity index (χ1v) is 6.51. The molecule has 0 saturated heterocycles. The van der Waals surface area contributed by atoms with E-state index in [1.54, 1.807) is 0 Å². The number of aryl methyl sites for hydroxylation is 1. The van der Waals surface area contributed by atoms with E-state index in [0.717, 1.165) is 12.1 Å². The average molecular weight is 251 g/mol. The number of benzene rings is 2. The summed E-state index contributed by atoms with van der Waals surface area (Å²) in [6.45, 7) is 0. The Morgan fingerprint density at radius 3 is 2.47 bits per heavy atom. The summed E-state index contributed by atoms with van der Waals surface area (Å²) in [4.78, 5) is 4.04. The van der Waals surface area contributed by atoms with Crippen molar-refractivity contribution in [2.24, 2.45) is 16.5 Å². The number of hydrogen-bond acceptors (Lipinski definition) is 1. The van der Waals surface area contributed by atoms with Gasteiger partial charge in [0, 0.05) is 5.92 Å². The van der Waals surface area contributed by atoms with Crippen LogP contribution in [-0.2, 0) is 6.42 Å². The second-order valence-electron chi connectivity index (χ2n) is 4.92. The molecule has 3 nitrogen and oxygen atoms in total. The Labute approximate surface area is 113 Å². The highest BCUT2D eigenvalue weighted by Crippen LogP contribution is 2.38. The Bertz CT molecular complexity index is 610. The van der Waals surface area contributed by atoms with Crippen LogP contribution < -0.4 is 11.5 Å². The Balaban J connectivity index is 1.90. The lowest BCUT2D eigenvalue weighted by Gasteiger charge is -2.12. The minimum Gasteiger partial charge on any atom is -0.370 e. The van der Waals surface area contributed by atoms with Gasteiger partial charge in [-0.3, -0.25) is 0 Å². The van der Waals surface area contributed by atoms with Gasteiger partial charge in [-0.15, -0.1) is 0 Å². The van der Waals surface area contributed by atoms with E-state index in [9.17, 15) is 0 Å². The van der Waals surface area contributed by atoms with Crippen LogP contribution in [0, 0.1) is 0 Å². The SMILES string of the molecule is NC(N)=Nc1ccc(C2CCc3ccccc32)cc1. The maximum atomic E-state index is 5.38. The zero-order chi connectivity index (χ0) is 13.2. The largest absolute Gasteiger partial charge is 0.370 e. The summed E-state index contributed by atoms with van der Waals surface area (Å²) in [6.07, 6.45) is 2.34. The molecule has 0 fully saturated rings. The molecule has 1 atom stereocenters. The van der Waals surface area contributed by atoms with Gasteiger partial charge in [0.2, 0.25) is 0 Å². The van der Waals surface area contributed by atoms with E-state index in [0.29, 0.717) is 5.92 Å². The minimum absolute atomic E-state index is 0.0963. The van der Waals surface area contributed by atoms with Gasteiger partial charge in [-0.1, -0.05) is 36.4 Å². The average Bonchev–Trinajstić information content (AvgIpc) is 2.83. The van der Waals surface area contributed by atoms with E-state index in [2.05, 4.69) is 41.4 Å². The number of guanidine groups is 1. The van der Waals surface area contributed by atoms with Crippen LogP contribution in [0.2, 0.25) is 0 Å². The summed E-state index contributed by atoms with van der Waals surface area (Å²) < 4.78 is 0. The van der Waals surface area contributed by atoms with Gasteiger partial charge < -0.3 is 11.5 Å². The van der Waals surface area contributed by atoms with Crippen LogP contribution in [0.1, 0.15) is 29.0 Å². The molecule has 0 saturated carbocycles. The zero-order valence-electron chi connectivity index (χ0n) is 10.7. The number of rotatable bonds is 2.